The summed E-state index contributed by atoms with van der Waals surface area (Å²) in [5.74, 6) is 0.955. The lowest BCUT2D eigenvalue weighted by molar-refractivity contribution is -0.141. The summed E-state index contributed by atoms with van der Waals surface area (Å²) in [5.41, 5.74) is 2.68. The van der Waals surface area contributed by atoms with Crippen LogP contribution in [0.4, 0.5) is 0 Å². The summed E-state index contributed by atoms with van der Waals surface area (Å²) >= 11 is 0. The fourth-order valence-electron chi connectivity index (χ4n) is 5.65. The predicted octanol–water partition coefficient (Wildman–Crippen LogP) is 4.62. The predicted molar refractivity (Wildman–Crippen MR) is 127 cm³/mol. The van der Waals surface area contributed by atoms with Crippen molar-refractivity contribution in [2.75, 3.05) is 20.1 Å². The van der Waals surface area contributed by atoms with Crippen molar-refractivity contribution in [3.05, 3.63) is 54.4 Å². The third kappa shape index (κ3) is 5.03. The number of benzene rings is 1. The van der Waals surface area contributed by atoms with E-state index in [1.165, 1.54) is 25.7 Å². The van der Waals surface area contributed by atoms with Gasteiger partial charge in [0, 0.05) is 44.5 Å². The normalized spacial score (nSPS) is 21.5. The maximum Gasteiger partial charge on any atom is 0.228 e. The van der Waals surface area contributed by atoms with E-state index in [1.54, 1.807) is 13.2 Å². The summed E-state index contributed by atoms with van der Waals surface area (Å²) in [5, 5.41) is 2.90. The largest absolute Gasteiger partial charge is 0.359 e. The highest BCUT2D eigenvalue weighted by Crippen LogP contribution is 2.37. The molecule has 2 fully saturated rings. The molecule has 2 heterocycles. The molecule has 2 amide bonds. The van der Waals surface area contributed by atoms with E-state index in [4.69, 9.17) is 0 Å². The molecule has 2 aliphatic rings. The van der Waals surface area contributed by atoms with Crippen LogP contribution in [0.1, 0.15) is 56.9 Å². The van der Waals surface area contributed by atoms with Crippen LogP contribution in [0.25, 0.3) is 11.1 Å². The number of nitrogens with zero attached hydrogens (tertiary/aromatic N) is 2. The van der Waals surface area contributed by atoms with Crippen LogP contribution in [0.15, 0.2) is 48.8 Å². The van der Waals surface area contributed by atoms with Crippen LogP contribution in [-0.2, 0) is 16.0 Å². The highest BCUT2D eigenvalue weighted by atomic mass is 16.2. The van der Waals surface area contributed by atoms with Gasteiger partial charge in [0.25, 0.3) is 0 Å². The van der Waals surface area contributed by atoms with Crippen molar-refractivity contribution in [2.45, 2.75) is 57.8 Å². The Bertz CT molecular complexity index is 924. The van der Waals surface area contributed by atoms with E-state index in [-0.39, 0.29) is 11.8 Å². The molecule has 1 aromatic carbocycles. The first-order valence-electron chi connectivity index (χ1n) is 12.1. The minimum atomic E-state index is -0.603. The first-order chi connectivity index (χ1) is 15.6. The molecule has 1 aliphatic carbocycles. The number of carbonyl (C=O) groups excluding carboxylic acids is 2. The van der Waals surface area contributed by atoms with Gasteiger partial charge in [0.2, 0.25) is 11.8 Å². The van der Waals surface area contributed by atoms with Crippen molar-refractivity contribution < 1.29 is 9.59 Å². The maximum atomic E-state index is 13.2. The van der Waals surface area contributed by atoms with Crippen molar-refractivity contribution in [1.82, 2.24) is 15.2 Å². The van der Waals surface area contributed by atoms with Crippen LogP contribution >= 0.6 is 0 Å². The number of rotatable bonds is 7. The average Bonchev–Trinajstić information content (AvgIpc) is 3.37. The molecule has 0 radical (unpaired) electrons. The standard InChI is InChI=1S/C27H35N3O2/c1-28-26(32)27(18-22-10-4-5-12-24(22)23-11-6-16-29-19-23)15-7-17-30(20-27)25(31)14-13-21-8-2-3-9-21/h4-6,10-12,16,19,21H,2-3,7-9,13-15,17-18,20H2,1H3,(H,28,32). The maximum absolute atomic E-state index is 13.2. The molecular weight excluding hydrogens is 398 g/mol. The second-order valence-electron chi connectivity index (χ2n) is 9.54. The van der Waals surface area contributed by atoms with E-state index in [2.05, 4.69) is 28.5 Å². The van der Waals surface area contributed by atoms with Crippen LogP contribution in [-0.4, -0.2) is 41.8 Å². The number of carbonyl (C=O) groups is 2. The van der Waals surface area contributed by atoms with E-state index < -0.39 is 5.41 Å². The second-order valence-corrected chi connectivity index (χ2v) is 9.54. The van der Waals surface area contributed by atoms with E-state index in [0.717, 1.165) is 42.5 Å². The molecular formula is C27H35N3O2. The third-order valence-corrected chi connectivity index (χ3v) is 7.40. The first kappa shape index (κ1) is 22.5. The Labute approximate surface area is 191 Å². The lowest BCUT2D eigenvalue weighted by Gasteiger charge is -2.42. The topological polar surface area (TPSA) is 62.3 Å². The van der Waals surface area contributed by atoms with Gasteiger partial charge in [0.15, 0.2) is 0 Å². The number of pyridine rings is 1. The van der Waals surface area contributed by atoms with Crippen molar-refractivity contribution in [3.63, 3.8) is 0 Å². The molecule has 1 saturated carbocycles. The van der Waals surface area contributed by atoms with E-state index in [9.17, 15) is 9.59 Å². The zero-order valence-corrected chi connectivity index (χ0v) is 19.2. The van der Waals surface area contributed by atoms with Crippen molar-refractivity contribution in [1.29, 1.82) is 0 Å². The van der Waals surface area contributed by atoms with Gasteiger partial charge in [-0.25, -0.2) is 0 Å². The van der Waals surface area contributed by atoms with Crippen LogP contribution < -0.4 is 5.32 Å². The highest BCUT2D eigenvalue weighted by molar-refractivity contribution is 5.85. The number of nitrogens with one attached hydrogen (secondary N) is 1. The monoisotopic (exact) mass is 433 g/mol. The molecule has 1 atom stereocenters. The fraction of sp³-hybridized carbons (Fsp3) is 0.519. The number of likely N-dealkylation sites (tertiary alicyclic amines) is 1. The number of hydrogen-bond acceptors (Lipinski definition) is 3. The van der Waals surface area contributed by atoms with E-state index in [1.807, 2.05) is 29.3 Å². The Morgan fingerprint density at radius 3 is 2.69 bits per heavy atom. The Kier molecular flexibility index (Phi) is 7.23. The zero-order valence-electron chi connectivity index (χ0n) is 19.2. The van der Waals surface area contributed by atoms with E-state index >= 15 is 0 Å². The van der Waals surface area contributed by atoms with Crippen LogP contribution in [0.5, 0.6) is 0 Å². The fourth-order valence-corrected chi connectivity index (χ4v) is 5.65. The third-order valence-electron chi connectivity index (χ3n) is 7.40. The number of amides is 2. The van der Waals surface area contributed by atoms with Crippen molar-refractivity contribution in [3.8, 4) is 11.1 Å². The van der Waals surface area contributed by atoms with Gasteiger partial charge >= 0.3 is 0 Å². The van der Waals surface area contributed by atoms with Gasteiger partial charge in [-0.3, -0.25) is 14.6 Å². The van der Waals surface area contributed by atoms with Gasteiger partial charge in [-0.15, -0.1) is 0 Å². The molecule has 1 aromatic heterocycles. The summed E-state index contributed by atoms with van der Waals surface area (Å²) < 4.78 is 0. The summed E-state index contributed by atoms with van der Waals surface area (Å²) in [6, 6.07) is 12.2. The van der Waals surface area contributed by atoms with Gasteiger partial charge in [0.05, 0.1) is 5.41 Å². The van der Waals surface area contributed by atoms with Gasteiger partial charge in [-0.2, -0.15) is 0 Å². The van der Waals surface area contributed by atoms with Crippen molar-refractivity contribution in [2.24, 2.45) is 11.3 Å². The summed E-state index contributed by atoms with van der Waals surface area (Å²) in [4.78, 5) is 32.5. The lowest BCUT2D eigenvalue weighted by atomic mass is 9.73. The Morgan fingerprint density at radius 2 is 1.94 bits per heavy atom. The van der Waals surface area contributed by atoms with Gasteiger partial charge in [-0.1, -0.05) is 56.0 Å². The van der Waals surface area contributed by atoms with Crippen molar-refractivity contribution >= 4 is 11.8 Å². The molecule has 5 nitrogen and oxygen atoms in total. The first-order valence-corrected chi connectivity index (χ1v) is 12.1. The number of hydrogen-bond donors (Lipinski definition) is 1. The molecule has 170 valence electrons. The molecule has 2 aromatic rings. The molecule has 32 heavy (non-hydrogen) atoms. The molecule has 0 bridgehead atoms. The van der Waals surface area contributed by atoms with Crippen LogP contribution in [0.3, 0.4) is 0 Å². The zero-order chi connectivity index (χ0) is 22.4. The summed E-state index contributed by atoms with van der Waals surface area (Å²) in [6.07, 6.45) is 12.6. The van der Waals surface area contributed by atoms with E-state index in [0.29, 0.717) is 25.3 Å². The summed E-state index contributed by atoms with van der Waals surface area (Å²) in [7, 11) is 1.71. The quantitative estimate of drug-likeness (QED) is 0.693. The second kappa shape index (κ2) is 10.3. The SMILES string of the molecule is CNC(=O)C1(Cc2ccccc2-c2cccnc2)CCCN(C(=O)CCC2CCCC2)C1. The molecule has 4 rings (SSSR count). The van der Waals surface area contributed by atoms with Crippen LogP contribution in [0.2, 0.25) is 0 Å². The Hall–Kier alpha value is -2.69. The smallest absolute Gasteiger partial charge is 0.228 e. The molecule has 5 heteroatoms. The summed E-state index contributed by atoms with van der Waals surface area (Å²) in [6.45, 7) is 1.25. The molecule has 0 spiro atoms. The Balaban J connectivity index is 1.54. The number of piperidine rings is 1. The molecule has 1 N–H and O–H groups in total. The minimum absolute atomic E-state index is 0.0341. The lowest BCUT2D eigenvalue weighted by Crippen LogP contribution is -2.54. The Morgan fingerprint density at radius 1 is 1.12 bits per heavy atom. The highest BCUT2D eigenvalue weighted by Gasteiger charge is 2.43. The molecule has 1 aliphatic heterocycles. The minimum Gasteiger partial charge on any atom is -0.359 e. The molecule has 1 saturated heterocycles. The van der Waals surface area contributed by atoms with Gasteiger partial charge in [-0.05, 0) is 48.8 Å². The van der Waals surface area contributed by atoms with Crippen LogP contribution in [0, 0.1) is 11.3 Å². The van der Waals surface area contributed by atoms with Gasteiger partial charge < -0.3 is 10.2 Å². The number of aromatic nitrogens is 1. The van der Waals surface area contributed by atoms with Gasteiger partial charge in [0.1, 0.15) is 0 Å². The average molecular weight is 434 g/mol. The molecule has 1 unspecified atom stereocenters.